The van der Waals surface area contributed by atoms with Gasteiger partial charge in [-0.1, -0.05) is 18.2 Å². The molecule has 9 heteroatoms. The molecule has 0 saturated heterocycles. The minimum atomic E-state index is -0.513. The van der Waals surface area contributed by atoms with Crippen LogP contribution < -0.4 is 10.6 Å². The molecule has 0 bridgehead atoms. The molecule has 5 aromatic rings. The third-order valence-corrected chi connectivity index (χ3v) is 6.26. The van der Waals surface area contributed by atoms with Crippen molar-refractivity contribution >= 4 is 28.5 Å². The van der Waals surface area contributed by atoms with Crippen molar-refractivity contribution in [3.05, 3.63) is 84.1 Å². The molecule has 0 radical (unpaired) electrons. The number of fused-ring (bicyclic) bond motifs is 1. The van der Waals surface area contributed by atoms with E-state index in [1.54, 1.807) is 18.7 Å². The quantitative estimate of drug-likeness (QED) is 0.249. The summed E-state index contributed by atoms with van der Waals surface area (Å²) in [5.74, 6) is 1.43. The number of anilines is 2. The zero-order valence-electron chi connectivity index (χ0n) is 21.4. The van der Waals surface area contributed by atoms with Gasteiger partial charge < -0.3 is 20.2 Å². The molecule has 192 valence electrons. The average Bonchev–Trinajstić information content (AvgIpc) is 3.31. The van der Waals surface area contributed by atoms with E-state index in [2.05, 4.69) is 55.7 Å². The highest BCUT2D eigenvalue weighted by Crippen LogP contribution is 2.29. The average molecular weight is 509 g/mol. The molecule has 9 nitrogen and oxygen atoms in total. The third kappa shape index (κ3) is 5.52. The van der Waals surface area contributed by atoms with E-state index in [0.717, 1.165) is 50.3 Å². The summed E-state index contributed by atoms with van der Waals surface area (Å²) in [6.07, 6.45) is 5.17. The van der Waals surface area contributed by atoms with Gasteiger partial charge in [0.05, 0.1) is 18.5 Å². The molecule has 2 aromatic carbocycles. The van der Waals surface area contributed by atoms with Gasteiger partial charge in [0.25, 0.3) is 0 Å². The minimum absolute atomic E-state index is 0.0175. The van der Waals surface area contributed by atoms with Crippen LogP contribution in [0.3, 0.4) is 0 Å². The van der Waals surface area contributed by atoms with Crippen molar-refractivity contribution in [3.63, 3.8) is 0 Å². The molecule has 0 aliphatic carbocycles. The molecular formula is C29H28N6O3. The lowest BCUT2D eigenvalue weighted by atomic mass is 10.0. The van der Waals surface area contributed by atoms with Crippen LogP contribution in [0.25, 0.3) is 33.4 Å². The number of carbonyl (C=O) groups is 1. The van der Waals surface area contributed by atoms with E-state index in [4.69, 9.17) is 9.52 Å². The summed E-state index contributed by atoms with van der Waals surface area (Å²) in [5.41, 5.74) is 6.69. The number of furan rings is 1. The van der Waals surface area contributed by atoms with Gasteiger partial charge in [0.1, 0.15) is 23.8 Å². The summed E-state index contributed by atoms with van der Waals surface area (Å²) in [6, 6.07) is 16.2. The fourth-order valence-electron chi connectivity index (χ4n) is 4.20. The molecule has 0 saturated carbocycles. The van der Waals surface area contributed by atoms with Crippen LogP contribution in [0.5, 0.6) is 0 Å². The second kappa shape index (κ2) is 10.8. The summed E-state index contributed by atoms with van der Waals surface area (Å²) in [6.45, 7) is 5.47. The van der Waals surface area contributed by atoms with E-state index in [1.807, 2.05) is 44.2 Å². The summed E-state index contributed by atoms with van der Waals surface area (Å²) < 4.78 is 5.58. The number of hydrogen-bond donors (Lipinski definition) is 3. The Labute approximate surface area is 220 Å². The second-order valence-electron chi connectivity index (χ2n) is 9.15. The molecule has 5 rings (SSSR count). The molecule has 1 atom stereocenters. The number of rotatable bonds is 9. The lowest BCUT2D eigenvalue weighted by Gasteiger charge is -2.17. The predicted molar refractivity (Wildman–Crippen MR) is 147 cm³/mol. The van der Waals surface area contributed by atoms with Gasteiger partial charge in [-0.25, -0.2) is 19.9 Å². The molecule has 0 aliphatic heterocycles. The predicted octanol–water partition coefficient (Wildman–Crippen LogP) is 5.11. The Kier molecular flexibility index (Phi) is 7.10. The summed E-state index contributed by atoms with van der Waals surface area (Å²) >= 11 is 0. The number of ketones is 1. The number of nitrogens with one attached hydrogen (secondary N) is 2. The Hall–Kier alpha value is -4.63. The summed E-state index contributed by atoms with van der Waals surface area (Å²) in [5, 5.41) is 16.2. The fourth-order valence-corrected chi connectivity index (χ4v) is 4.20. The Bertz CT molecular complexity index is 1600. The number of Topliss-reactive ketones (excluding diaryl/α,β-unsaturated/α-hetero) is 1. The maximum absolute atomic E-state index is 11.3. The van der Waals surface area contributed by atoms with Crippen LogP contribution in [0.1, 0.15) is 29.9 Å². The Morgan fingerprint density at radius 3 is 2.61 bits per heavy atom. The van der Waals surface area contributed by atoms with E-state index in [9.17, 15) is 4.79 Å². The maximum atomic E-state index is 11.3. The molecule has 3 heterocycles. The standard InChI is InChI=1S/C29H28N6O3/c1-17-16-38-27-8-7-22(10-25(17)27)26-11-28(35-19(3)34-26)33-18(2)20-5-4-6-21(9-20)23-12-30-29(31-13-23)32-14-24(37)15-36/h4-13,16,18,36H,14-15H2,1-3H3,(H,30,31,32)(H,33,34,35). The van der Waals surface area contributed by atoms with E-state index >= 15 is 0 Å². The van der Waals surface area contributed by atoms with E-state index < -0.39 is 6.61 Å². The topological polar surface area (TPSA) is 126 Å². The normalized spacial score (nSPS) is 11.9. The molecule has 0 amide bonds. The van der Waals surface area contributed by atoms with Crippen LogP contribution in [0.2, 0.25) is 0 Å². The number of aliphatic hydroxyl groups is 1. The van der Waals surface area contributed by atoms with Gasteiger partial charge in [-0.05, 0) is 61.7 Å². The summed E-state index contributed by atoms with van der Waals surface area (Å²) in [4.78, 5) is 29.1. The van der Waals surface area contributed by atoms with E-state index in [1.165, 1.54) is 0 Å². The third-order valence-electron chi connectivity index (χ3n) is 6.26. The lowest BCUT2D eigenvalue weighted by Crippen LogP contribution is -2.18. The molecule has 38 heavy (non-hydrogen) atoms. The smallest absolute Gasteiger partial charge is 0.222 e. The molecule has 1 unspecified atom stereocenters. The van der Waals surface area contributed by atoms with Crippen LogP contribution >= 0.6 is 0 Å². The number of aromatic nitrogens is 4. The molecule has 0 aliphatic rings. The van der Waals surface area contributed by atoms with Gasteiger partial charge in [0, 0.05) is 41.0 Å². The number of nitrogens with zero attached hydrogens (tertiary/aromatic N) is 4. The Morgan fingerprint density at radius 1 is 1.00 bits per heavy atom. The Balaban J connectivity index is 1.33. The first-order valence-electron chi connectivity index (χ1n) is 12.3. The molecular weight excluding hydrogens is 480 g/mol. The zero-order valence-corrected chi connectivity index (χ0v) is 21.4. The SMILES string of the molecule is Cc1nc(NC(C)c2cccc(-c3cnc(NCC(=O)CO)nc3)c2)cc(-c2ccc3occ(C)c3c2)n1. The fraction of sp³-hybridized carbons (Fsp3) is 0.207. The van der Waals surface area contributed by atoms with Gasteiger partial charge in [0.15, 0.2) is 5.78 Å². The first-order valence-corrected chi connectivity index (χ1v) is 12.3. The number of aliphatic hydroxyl groups excluding tert-OH is 1. The van der Waals surface area contributed by atoms with Crippen molar-refractivity contribution < 1.29 is 14.3 Å². The summed E-state index contributed by atoms with van der Waals surface area (Å²) in [7, 11) is 0. The van der Waals surface area contributed by atoms with Crippen LogP contribution in [-0.4, -0.2) is 44.0 Å². The monoisotopic (exact) mass is 508 g/mol. The van der Waals surface area contributed by atoms with Crippen LogP contribution in [0, 0.1) is 13.8 Å². The van der Waals surface area contributed by atoms with Crippen molar-refractivity contribution in [2.75, 3.05) is 23.8 Å². The molecule has 3 N–H and O–H groups in total. The van der Waals surface area contributed by atoms with Crippen molar-refractivity contribution in [3.8, 4) is 22.4 Å². The van der Waals surface area contributed by atoms with E-state index in [-0.39, 0.29) is 18.4 Å². The van der Waals surface area contributed by atoms with Gasteiger partial charge in [-0.15, -0.1) is 0 Å². The Morgan fingerprint density at radius 2 is 1.82 bits per heavy atom. The van der Waals surface area contributed by atoms with Gasteiger partial charge >= 0.3 is 0 Å². The van der Waals surface area contributed by atoms with E-state index in [0.29, 0.717) is 11.8 Å². The molecule has 3 aromatic heterocycles. The number of aryl methyl sites for hydroxylation is 2. The second-order valence-corrected chi connectivity index (χ2v) is 9.15. The highest BCUT2D eigenvalue weighted by atomic mass is 16.3. The van der Waals surface area contributed by atoms with Crippen LogP contribution in [0.4, 0.5) is 11.8 Å². The highest BCUT2D eigenvalue weighted by Gasteiger charge is 2.12. The van der Waals surface area contributed by atoms with Crippen molar-refractivity contribution in [2.24, 2.45) is 0 Å². The van der Waals surface area contributed by atoms with Gasteiger partial charge in [-0.3, -0.25) is 4.79 Å². The highest BCUT2D eigenvalue weighted by molar-refractivity contribution is 5.86. The van der Waals surface area contributed by atoms with Crippen LogP contribution in [0.15, 0.2) is 71.6 Å². The molecule has 0 fully saturated rings. The number of benzene rings is 2. The van der Waals surface area contributed by atoms with Crippen LogP contribution in [-0.2, 0) is 4.79 Å². The largest absolute Gasteiger partial charge is 0.464 e. The minimum Gasteiger partial charge on any atom is -0.464 e. The number of hydrogen-bond acceptors (Lipinski definition) is 9. The maximum Gasteiger partial charge on any atom is 0.222 e. The van der Waals surface area contributed by atoms with Crippen molar-refractivity contribution in [1.82, 2.24) is 19.9 Å². The zero-order chi connectivity index (χ0) is 26.6. The van der Waals surface area contributed by atoms with Gasteiger partial charge in [0.2, 0.25) is 5.95 Å². The van der Waals surface area contributed by atoms with Crippen molar-refractivity contribution in [2.45, 2.75) is 26.8 Å². The number of carbonyl (C=O) groups excluding carboxylic acids is 1. The first kappa shape index (κ1) is 25.0. The van der Waals surface area contributed by atoms with Gasteiger partial charge in [-0.2, -0.15) is 0 Å². The first-order chi connectivity index (χ1) is 18.4. The lowest BCUT2D eigenvalue weighted by molar-refractivity contribution is -0.120. The molecule has 0 spiro atoms. The van der Waals surface area contributed by atoms with Crippen molar-refractivity contribution in [1.29, 1.82) is 0 Å².